The van der Waals surface area contributed by atoms with Crippen LogP contribution < -0.4 is 0 Å². The normalized spacial score (nSPS) is 23.6. The lowest BCUT2D eigenvalue weighted by molar-refractivity contribution is -0.181. The van der Waals surface area contributed by atoms with Crippen molar-refractivity contribution in [3.05, 3.63) is 35.9 Å². The third-order valence-corrected chi connectivity index (χ3v) is 5.41. The molecule has 1 atom stereocenters. The molecule has 1 saturated carbocycles. The van der Waals surface area contributed by atoms with Crippen molar-refractivity contribution >= 4 is 5.97 Å². The van der Waals surface area contributed by atoms with E-state index in [0.29, 0.717) is 5.56 Å². The Morgan fingerprint density at radius 2 is 1.74 bits per heavy atom. The van der Waals surface area contributed by atoms with Crippen LogP contribution in [0.4, 0.5) is 0 Å². The molecular weight excluding hydrogens is 290 g/mol. The van der Waals surface area contributed by atoms with Crippen molar-refractivity contribution in [2.75, 3.05) is 20.1 Å². The number of benzene rings is 1. The van der Waals surface area contributed by atoms with Gasteiger partial charge in [-0.05, 0) is 38.3 Å². The number of ether oxygens (including phenoxy) is 1. The SMILES string of the molecule is CN1CCC(OC(=O)C(O)(c2ccccc2)C2CCCC2)CC1. The van der Waals surface area contributed by atoms with E-state index in [1.54, 1.807) is 0 Å². The average Bonchev–Trinajstić information content (AvgIpc) is 3.12. The van der Waals surface area contributed by atoms with E-state index in [9.17, 15) is 9.90 Å². The van der Waals surface area contributed by atoms with E-state index in [2.05, 4.69) is 11.9 Å². The van der Waals surface area contributed by atoms with Gasteiger partial charge in [0.2, 0.25) is 0 Å². The molecule has 2 aliphatic rings. The minimum Gasteiger partial charge on any atom is -0.460 e. The number of hydrogen-bond donors (Lipinski definition) is 1. The highest BCUT2D eigenvalue weighted by Crippen LogP contribution is 2.41. The zero-order valence-electron chi connectivity index (χ0n) is 13.9. The van der Waals surface area contributed by atoms with E-state index in [4.69, 9.17) is 4.74 Å². The first-order chi connectivity index (χ1) is 11.1. The average molecular weight is 317 g/mol. The number of piperidine rings is 1. The number of nitrogens with zero attached hydrogens (tertiary/aromatic N) is 1. The highest BCUT2D eigenvalue weighted by Gasteiger charge is 2.48. The zero-order valence-corrected chi connectivity index (χ0v) is 13.9. The van der Waals surface area contributed by atoms with Gasteiger partial charge in [-0.3, -0.25) is 0 Å². The summed E-state index contributed by atoms with van der Waals surface area (Å²) in [7, 11) is 2.08. The summed E-state index contributed by atoms with van der Waals surface area (Å²) in [5, 5.41) is 11.3. The maximum absolute atomic E-state index is 12.9. The quantitative estimate of drug-likeness (QED) is 0.868. The molecule has 1 heterocycles. The fourth-order valence-electron chi connectivity index (χ4n) is 3.90. The van der Waals surface area contributed by atoms with Crippen molar-refractivity contribution in [3.8, 4) is 0 Å². The van der Waals surface area contributed by atoms with Gasteiger partial charge in [0.25, 0.3) is 0 Å². The van der Waals surface area contributed by atoms with E-state index in [0.717, 1.165) is 51.6 Å². The molecule has 23 heavy (non-hydrogen) atoms. The molecule has 0 bridgehead atoms. The van der Waals surface area contributed by atoms with E-state index in [1.165, 1.54) is 0 Å². The third-order valence-electron chi connectivity index (χ3n) is 5.41. The molecule has 2 fully saturated rings. The van der Waals surface area contributed by atoms with Crippen molar-refractivity contribution in [2.45, 2.75) is 50.2 Å². The summed E-state index contributed by atoms with van der Waals surface area (Å²) in [6.45, 7) is 1.87. The van der Waals surface area contributed by atoms with Crippen molar-refractivity contribution in [3.63, 3.8) is 0 Å². The number of carbonyl (C=O) groups excluding carboxylic acids is 1. The summed E-state index contributed by atoms with van der Waals surface area (Å²) in [4.78, 5) is 15.2. The van der Waals surface area contributed by atoms with E-state index < -0.39 is 11.6 Å². The molecule has 4 heteroatoms. The molecule has 1 N–H and O–H groups in total. The Morgan fingerprint density at radius 1 is 1.13 bits per heavy atom. The maximum atomic E-state index is 12.9. The summed E-state index contributed by atoms with van der Waals surface area (Å²) >= 11 is 0. The molecule has 0 amide bonds. The van der Waals surface area contributed by atoms with Crippen LogP contribution in [0.25, 0.3) is 0 Å². The Balaban J connectivity index is 1.79. The Bertz CT molecular complexity index is 519. The largest absolute Gasteiger partial charge is 0.460 e. The third kappa shape index (κ3) is 3.43. The van der Waals surface area contributed by atoms with Crippen LogP contribution in [-0.2, 0) is 15.1 Å². The summed E-state index contributed by atoms with van der Waals surface area (Å²) in [5.74, 6) is -0.492. The molecule has 1 aromatic rings. The number of rotatable bonds is 4. The first-order valence-corrected chi connectivity index (χ1v) is 8.78. The van der Waals surface area contributed by atoms with E-state index in [1.807, 2.05) is 30.3 Å². The fraction of sp³-hybridized carbons (Fsp3) is 0.632. The van der Waals surface area contributed by atoms with E-state index >= 15 is 0 Å². The molecule has 1 aromatic carbocycles. The smallest absolute Gasteiger partial charge is 0.343 e. The van der Waals surface area contributed by atoms with Gasteiger partial charge in [0, 0.05) is 19.0 Å². The topological polar surface area (TPSA) is 49.8 Å². The maximum Gasteiger partial charge on any atom is 0.343 e. The first kappa shape index (κ1) is 16.5. The van der Waals surface area contributed by atoms with Gasteiger partial charge in [0.1, 0.15) is 6.10 Å². The van der Waals surface area contributed by atoms with Crippen molar-refractivity contribution < 1.29 is 14.6 Å². The Morgan fingerprint density at radius 3 is 2.35 bits per heavy atom. The highest BCUT2D eigenvalue weighted by atomic mass is 16.6. The molecule has 1 saturated heterocycles. The second-order valence-corrected chi connectivity index (χ2v) is 7.02. The molecule has 126 valence electrons. The Hall–Kier alpha value is -1.39. The van der Waals surface area contributed by atoms with Crippen molar-refractivity contribution in [1.29, 1.82) is 0 Å². The number of esters is 1. The van der Waals surface area contributed by atoms with Crippen molar-refractivity contribution in [1.82, 2.24) is 4.90 Å². The minimum absolute atomic E-state index is 0.0383. The molecular formula is C19H27NO3. The number of hydrogen-bond acceptors (Lipinski definition) is 4. The van der Waals surface area contributed by atoms with Crippen LogP contribution in [0.2, 0.25) is 0 Å². The molecule has 0 spiro atoms. The lowest BCUT2D eigenvalue weighted by Crippen LogP contribution is -2.46. The molecule has 0 radical (unpaired) electrons. The summed E-state index contributed by atoms with van der Waals surface area (Å²) in [5.41, 5.74) is -0.828. The van der Waals surface area contributed by atoms with Crippen LogP contribution in [0.15, 0.2) is 30.3 Å². The monoisotopic (exact) mass is 317 g/mol. The summed E-state index contributed by atoms with van der Waals surface area (Å²) in [6.07, 6.45) is 5.52. The van der Waals surface area contributed by atoms with Crippen LogP contribution in [0, 0.1) is 5.92 Å². The zero-order chi connectivity index (χ0) is 16.3. The van der Waals surface area contributed by atoms with Crippen LogP contribution in [-0.4, -0.2) is 42.2 Å². The molecule has 3 rings (SSSR count). The lowest BCUT2D eigenvalue weighted by atomic mass is 9.80. The van der Waals surface area contributed by atoms with Gasteiger partial charge in [-0.2, -0.15) is 0 Å². The highest BCUT2D eigenvalue weighted by molar-refractivity contribution is 5.81. The first-order valence-electron chi connectivity index (χ1n) is 8.78. The van der Waals surface area contributed by atoms with Gasteiger partial charge in [-0.1, -0.05) is 43.2 Å². The van der Waals surface area contributed by atoms with Crippen LogP contribution in [0.3, 0.4) is 0 Å². The van der Waals surface area contributed by atoms with Gasteiger partial charge in [0.15, 0.2) is 5.60 Å². The molecule has 1 unspecified atom stereocenters. The predicted molar refractivity (Wildman–Crippen MR) is 88.9 cm³/mol. The second kappa shape index (κ2) is 7.02. The van der Waals surface area contributed by atoms with Crippen molar-refractivity contribution in [2.24, 2.45) is 5.92 Å². The van der Waals surface area contributed by atoms with Gasteiger partial charge in [-0.25, -0.2) is 4.79 Å². The number of likely N-dealkylation sites (tertiary alicyclic amines) is 1. The van der Waals surface area contributed by atoms with Gasteiger partial charge >= 0.3 is 5.97 Å². The lowest BCUT2D eigenvalue weighted by Gasteiger charge is -2.35. The summed E-state index contributed by atoms with van der Waals surface area (Å²) in [6, 6.07) is 9.33. The predicted octanol–water partition coefficient (Wildman–Crippen LogP) is 2.70. The molecule has 0 aromatic heterocycles. The van der Waals surface area contributed by atoms with Crippen LogP contribution in [0.5, 0.6) is 0 Å². The Kier molecular flexibility index (Phi) is 5.02. The summed E-state index contributed by atoms with van der Waals surface area (Å²) < 4.78 is 5.76. The van der Waals surface area contributed by atoms with Gasteiger partial charge in [-0.15, -0.1) is 0 Å². The minimum atomic E-state index is -1.50. The van der Waals surface area contributed by atoms with E-state index in [-0.39, 0.29) is 12.0 Å². The number of aliphatic hydroxyl groups is 1. The van der Waals surface area contributed by atoms with Crippen LogP contribution >= 0.6 is 0 Å². The van der Waals surface area contributed by atoms with Gasteiger partial charge < -0.3 is 14.7 Å². The Labute approximate surface area is 138 Å². The molecule has 4 nitrogen and oxygen atoms in total. The van der Waals surface area contributed by atoms with Gasteiger partial charge in [0.05, 0.1) is 0 Å². The van der Waals surface area contributed by atoms with Crippen LogP contribution in [0.1, 0.15) is 44.1 Å². The molecule has 1 aliphatic carbocycles. The molecule has 1 aliphatic heterocycles. The fourth-order valence-corrected chi connectivity index (χ4v) is 3.90. The standard InChI is InChI=1S/C19H27NO3/c1-20-13-11-17(12-14-20)23-18(21)19(22,16-9-5-6-10-16)15-7-3-2-4-8-15/h2-4,7-8,16-17,22H,5-6,9-14H2,1H3. The second-order valence-electron chi connectivity index (χ2n) is 7.02. The number of carbonyl (C=O) groups is 1.